The fourth-order valence-electron chi connectivity index (χ4n) is 1.93. The highest BCUT2D eigenvalue weighted by Crippen LogP contribution is 2.23. The lowest BCUT2D eigenvalue weighted by atomic mass is 10.2. The van der Waals surface area contributed by atoms with Crippen LogP contribution in [0, 0.1) is 0 Å². The van der Waals surface area contributed by atoms with E-state index in [1.807, 2.05) is 30.3 Å². The quantitative estimate of drug-likeness (QED) is 0.822. The Morgan fingerprint density at radius 2 is 1.76 bits per heavy atom. The second kappa shape index (κ2) is 7.17. The number of hydrogen-bond donors (Lipinski definition) is 2. The molecule has 112 valence electrons. The third-order valence-electron chi connectivity index (χ3n) is 3.07. The van der Waals surface area contributed by atoms with E-state index in [0.717, 1.165) is 11.1 Å². The molecule has 0 aliphatic heterocycles. The van der Waals surface area contributed by atoms with Crippen LogP contribution in [0.15, 0.2) is 57.9 Å². The molecular weight excluding hydrogens is 352 g/mol. The molecule has 0 amide bonds. The third kappa shape index (κ3) is 4.38. The van der Waals surface area contributed by atoms with Gasteiger partial charge in [-0.25, -0.2) is 13.1 Å². The minimum absolute atomic E-state index is 0.221. The van der Waals surface area contributed by atoms with Gasteiger partial charge in [-0.2, -0.15) is 0 Å². The van der Waals surface area contributed by atoms with Gasteiger partial charge >= 0.3 is 0 Å². The van der Waals surface area contributed by atoms with Crippen molar-refractivity contribution >= 4 is 26.0 Å². The summed E-state index contributed by atoms with van der Waals surface area (Å²) in [6.07, 6.45) is 0.647. The molecular formula is C15H17BrN2O2S. The van der Waals surface area contributed by atoms with Crippen LogP contribution < -0.4 is 10.5 Å². The van der Waals surface area contributed by atoms with Crippen molar-refractivity contribution in [3.63, 3.8) is 0 Å². The second-order valence-corrected chi connectivity index (χ2v) is 7.19. The Hall–Kier alpha value is -1.21. The van der Waals surface area contributed by atoms with Crippen molar-refractivity contribution in [2.24, 2.45) is 5.73 Å². The summed E-state index contributed by atoms with van der Waals surface area (Å²) in [7, 11) is -3.55. The molecule has 0 atom stereocenters. The Morgan fingerprint density at radius 3 is 2.43 bits per heavy atom. The molecule has 2 aromatic carbocycles. The number of nitrogens with one attached hydrogen (secondary N) is 1. The van der Waals surface area contributed by atoms with Crippen LogP contribution in [0.25, 0.3) is 0 Å². The number of hydrogen-bond acceptors (Lipinski definition) is 3. The summed E-state index contributed by atoms with van der Waals surface area (Å²) in [6, 6.07) is 14.8. The Kier molecular flexibility index (Phi) is 5.52. The zero-order valence-electron chi connectivity index (χ0n) is 11.4. The van der Waals surface area contributed by atoms with Gasteiger partial charge in [0.05, 0.1) is 4.90 Å². The van der Waals surface area contributed by atoms with E-state index >= 15 is 0 Å². The average molecular weight is 369 g/mol. The van der Waals surface area contributed by atoms with Crippen LogP contribution in [0.5, 0.6) is 0 Å². The summed E-state index contributed by atoms with van der Waals surface area (Å²) in [5, 5.41) is 0. The predicted molar refractivity (Wildman–Crippen MR) is 87.4 cm³/mol. The Balaban J connectivity index is 2.08. The van der Waals surface area contributed by atoms with Gasteiger partial charge in [0, 0.05) is 17.6 Å². The van der Waals surface area contributed by atoms with Crippen molar-refractivity contribution in [1.82, 2.24) is 4.72 Å². The monoisotopic (exact) mass is 368 g/mol. The Morgan fingerprint density at radius 1 is 1.05 bits per heavy atom. The molecule has 0 saturated carbocycles. The number of sulfonamides is 1. The average Bonchev–Trinajstić information content (AvgIpc) is 2.48. The standard InChI is InChI=1S/C15H17BrN2O2S/c16-14-7-6-13(11-17)10-15(14)21(19,20)18-9-8-12-4-2-1-3-5-12/h1-7,10,18H,8-9,11,17H2. The molecule has 2 aromatic rings. The second-order valence-electron chi connectivity index (χ2n) is 4.60. The zero-order chi connectivity index (χ0) is 15.3. The molecule has 0 aliphatic rings. The molecule has 6 heteroatoms. The maximum Gasteiger partial charge on any atom is 0.241 e. The molecule has 4 nitrogen and oxygen atoms in total. The smallest absolute Gasteiger partial charge is 0.241 e. The molecule has 0 fully saturated rings. The minimum Gasteiger partial charge on any atom is -0.326 e. The van der Waals surface area contributed by atoms with Gasteiger partial charge in [-0.15, -0.1) is 0 Å². The molecule has 0 unspecified atom stereocenters. The molecule has 0 bridgehead atoms. The minimum atomic E-state index is -3.55. The summed E-state index contributed by atoms with van der Waals surface area (Å²) < 4.78 is 27.8. The van der Waals surface area contributed by atoms with Crippen LogP contribution in [-0.4, -0.2) is 15.0 Å². The number of benzene rings is 2. The van der Waals surface area contributed by atoms with Gasteiger partial charge in [-0.3, -0.25) is 0 Å². The van der Waals surface area contributed by atoms with E-state index in [1.54, 1.807) is 18.2 Å². The van der Waals surface area contributed by atoms with Crippen molar-refractivity contribution in [1.29, 1.82) is 0 Å². The van der Waals surface area contributed by atoms with Gasteiger partial charge in [0.15, 0.2) is 0 Å². The summed E-state index contributed by atoms with van der Waals surface area (Å²) in [4.78, 5) is 0.221. The van der Waals surface area contributed by atoms with Crippen LogP contribution >= 0.6 is 15.9 Å². The highest BCUT2D eigenvalue weighted by molar-refractivity contribution is 9.10. The van der Waals surface area contributed by atoms with Crippen LogP contribution in [0.4, 0.5) is 0 Å². The lowest BCUT2D eigenvalue weighted by Crippen LogP contribution is -2.26. The van der Waals surface area contributed by atoms with E-state index in [9.17, 15) is 8.42 Å². The summed E-state index contributed by atoms with van der Waals surface area (Å²) in [5.74, 6) is 0. The first-order valence-corrected chi connectivity index (χ1v) is 8.82. The largest absolute Gasteiger partial charge is 0.326 e. The molecule has 3 N–H and O–H groups in total. The lowest BCUT2D eigenvalue weighted by molar-refractivity contribution is 0.581. The first-order chi connectivity index (χ1) is 10.0. The number of rotatable bonds is 6. The van der Waals surface area contributed by atoms with Crippen molar-refractivity contribution in [2.45, 2.75) is 17.9 Å². The van der Waals surface area contributed by atoms with Crippen molar-refractivity contribution < 1.29 is 8.42 Å². The first-order valence-electron chi connectivity index (χ1n) is 6.55. The van der Waals surface area contributed by atoms with Crippen LogP contribution in [-0.2, 0) is 23.0 Å². The van der Waals surface area contributed by atoms with Gasteiger partial charge in [0.25, 0.3) is 0 Å². The third-order valence-corrected chi connectivity index (χ3v) is 5.52. The SMILES string of the molecule is NCc1ccc(Br)c(S(=O)(=O)NCCc2ccccc2)c1. The Bertz CT molecular complexity index is 703. The molecule has 0 spiro atoms. The topological polar surface area (TPSA) is 72.2 Å². The van der Waals surface area contributed by atoms with E-state index in [1.165, 1.54) is 0 Å². The van der Waals surface area contributed by atoms with E-state index < -0.39 is 10.0 Å². The molecule has 0 heterocycles. The van der Waals surface area contributed by atoms with Gasteiger partial charge in [0.1, 0.15) is 0 Å². The normalized spacial score (nSPS) is 11.5. The van der Waals surface area contributed by atoms with Gasteiger partial charge in [0.2, 0.25) is 10.0 Å². The van der Waals surface area contributed by atoms with Gasteiger partial charge in [-0.1, -0.05) is 36.4 Å². The van der Waals surface area contributed by atoms with E-state index in [2.05, 4.69) is 20.7 Å². The molecule has 0 aromatic heterocycles. The summed E-state index contributed by atoms with van der Waals surface area (Å²) >= 11 is 3.27. The molecule has 21 heavy (non-hydrogen) atoms. The number of nitrogens with two attached hydrogens (primary N) is 1. The van der Waals surface area contributed by atoms with E-state index in [0.29, 0.717) is 24.0 Å². The highest BCUT2D eigenvalue weighted by atomic mass is 79.9. The highest BCUT2D eigenvalue weighted by Gasteiger charge is 2.17. The Labute approximate surface area is 133 Å². The predicted octanol–water partition coefficient (Wildman–Crippen LogP) is 2.43. The van der Waals surface area contributed by atoms with Crippen LogP contribution in [0.3, 0.4) is 0 Å². The van der Waals surface area contributed by atoms with E-state index in [4.69, 9.17) is 5.73 Å². The van der Waals surface area contributed by atoms with Gasteiger partial charge in [-0.05, 0) is 45.6 Å². The zero-order valence-corrected chi connectivity index (χ0v) is 13.8. The maximum absolute atomic E-state index is 12.3. The lowest BCUT2D eigenvalue weighted by Gasteiger charge is -2.10. The molecule has 0 aliphatic carbocycles. The van der Waals surface area contributed by atoms with Crippen LogP contribution in [0.1, 0.15) is 11.1 Å². The van der Waals surface area contributed by atoms with Crippen molar-refractivity contribution in [3.8, 4) is 0 Å². The van der Waals surface area contributed by atoms with E-state index in [-0.39, 0.29) is 4.90 Å². The maximum atomic E-state index is 12.3. The van der Waals surface area contributed by atoms with Gasteiger partial charge < -0.3 is 5.73 Å². The van der Waals surface area contributed by atoms with Crippen molar-refractivity contribution in [2.75, 3.05) is 6.54 Å². The molecule has 2 rings (SSSR count). The fourth-order valence-corrected chi connectivity index (χ4v) is 3.98. The number of halogens is 1. The fraction of sp³-hybridized carbons (Fsp3) is 0.200. The summed E-state index contributed by atoms with van der Waals surface area (Å²) in [6.45, 7) is 0.658. The summed E-state index contributed by atoms with van der Waals surface area (Å²) in [5.41, 5.74) is 7.43. The van der Waals surface area contributed by atoms with Crippen LogP contribution in [0.2, 0.25) is 0 Å². The molecule has 0 saturated heterocycles. The first kappa shape index (κ1) is 16.2. The molecule has 0 radical (unpaired) electrons. The van der Waals surface area contributed by atoms with Crippen molar-refractivity contribution in [3.05, 3.63) is 64.1 Å².